The first-order valence-corrected chi connectivity index (χ1v) is 12.6. The lowest BCUT2D eigenvalue weighted by Crippen LogP contribution is -2.15. The fraction of sp³-hybridized carbons (Fsp3) is 0.429. The predicted octanol–water partition coefficient (Wildman–Crippen LogP) is 5.56. The highest BCUT2D eigenvalue weighted by molar-refractivity contribution is 5.72. The molecule has 9 heteroatoms. The lowest BCUT2D eigenvalue weighted by Gasteiger charge is -2.24. The van der Waals surface area contributed by atoms with E-state index in [1.807, 2.05) is 12.1 Å². The van der Waals surface area contributed by atoms with E-state index >= 15 is 0 Å². The summed E-state index contributed by atoms with van der Waals surface area (Å²) in [6, 6.07) is 8.20. The highest BCUT2D eigenvalue weighted by atomic mass is 19.1. The largest absolute Gasteiger partial charge is 0.497 e. The SMILES string of the molecule is COc1ccc(F)c(-n2nnc(COc3cc(C(CC(=O)O)C4CC4)ccn3)c2C2=CCCC2(C)C)c1. The smallest absolute Gasteiger partial charge is 0.303 e. The molecule has 194 valence electrons. The number of hydrogen-bond acceptors (Lipinski definition) is 6. The van der Waals surface area contributed by atoms with E-state index in [1.54, 1.807) is 18.3 Å². The quantitative estimate of drug-likeness (QED) is 0.384. The lowest BCUT2D eigenvalue weighted by molar-refractivity contribution is -0.137. The summed E-state index contributed by atoms with van der Waals surface area (Å²) in [7, 11) is 1.53. The maximum Gasteiger partial charge on any atom is 0.303 e. The molecule has 0 saturated heterocycles. The molecule has 2 aromatic heterocycles. The molecule has 2 aliphatic rings. The third-order valence-corrected chi connectivity index (χ3v) is 7.35. The molecule has 0 amide bonds. The molecular weight excluding hydrogens is 475 g/mol. The molecule has 0 bridgehead atoms. The van der Waals surface area contributed by atoms with Crippen molar-refractivity contribution in [2.75, 3.05) is 7.11 Å². The summed E-state index contributed by atoms with van der Waals surface area (Å²) in [6.45, 7) is 4.39. The summed E-state index contributed by atoms with van der Waals surface area (Å²) >= 11 is 0. The Bertz CT molecular complexity index is 1350. The normalized spacial score (nSPS) is 17.4. The molecule has 8 nitrogen and oxygen atoms in total. The van der Waals surface area contributed by atoms with Gasteiger partial charge in [-0.2, -0.15) is 0 Å². The van der Waals surface area contributed by atoms with E-state index in [0.29, 0.717) is 28.9 Å². The van der Waals surface area contributed by atoms with Crippen LogP contribution < -0.4 is 9.47 Å². The van der Waals surface area contributed by atoms with Crippen molar-refractivity contribution in [1.82, 2.24) is 20.0 Å². The number of carbonyl (C=O) groups is 1. The van der Waals surface area contributed by atoms with Crippen molar-refractivity contribution in [2.45, 2.75) is 58.5 Å². The molecule has 1 atom stereocenters. The number of halogens is 1. The van der Waals surface area contributed by atoms with Crippen LogP contribution >= 0.6 is 0 Å². The second-order valence-electron chi connectivity index (χ2n) is 10.4. The average Bonchev–Trinajstić information content (AvgIpc) is 3.54. The molecule has 37 heavy (non-hydrogen) atoms. The fourth-order valence-corrected chi connectivity index (χ4v) is 5.16. The number of nitrogens with zero attached hydrogens (tertiary/aromatic N) is 4. The van der Waals surface area contributed by atoms with E-state index in [4.69, 9.17) is 9.47 Å². The van der Waals surface area contributed by atoms with Crippen molar-refractivity contribution in [3.8, 4) is 17.3 Å². The zero-order chi connectivity index (χ0) is 26.2. The summed E-state index contributed by atoms with van der Waals surface area (Å²) in [5.74, 6) is -0.0134. The molecule has 1 saturated carbocycles. The van der Waals surface area contributed by atoms with E-state index in [2.05, 4.69) is 35.2 Å². The van der Waals surface area contributed by atoms with Crippen LogP contribution in [0, 0.1) is 17.2 Å². The molecule has 5 rings (SSSR count). The average molecular weight is 507 g/mol. The summed E-state index contributed by atoms with van der Waals surface area (Å²) in [5.41, 5.74) is 3.33. The monoisotopic (exact) mass is 506 g/mol. The van der Waals surface area contributed by atoms with E-state index in [1.165, 1.54) is 17.9 Å². The van der Waals surface area contributed by atoms with Crippen LogP contribution in [0.25, 0.3) is 11.3 Å². The Hall–Kier alpha value is -3.75. The number of allylic oxidation sites excluding steroid dienone is 2. The van der Waals surface area contributed by atoms with Gasteiger partial charge >= 0.3 is 5.97 Å². The van der Waals surface area contributed by atoms with Crippen molar-refractivity contribution in [2.24, 2.45) is 11.3 Å². The lowest BCUT2D eigenvalue weighted by atomic mass is 9.83. The topological polar surface area (TPSA) is 99.4 Å². The number of ether oxygens (including phenoxy) is 2. The molecule has 2 aliphatic carbocycles. The number of aliphatic carboxylic acids is 1. The van der Waals surface area contributed by atoms with Crippen molar-refractivity contribution in [3.05, 3.63) is 65.4 Å². The van der Waals surface area contributed by atoms with Gasteiger partial charge in [0, 0.05) is 18.3 Å². The number of hydrogen-bond donors (Lipinski definition) is 1. The number of aromatic nitrogens is 4. The van der Waals surface area contributed by atoms with Gasteiger partial charge in [-0.05, 0) is 72.3 Å². The van der Waals surface area contributed by atoms with Crippen LogP contribution in [0.1, 0.15) is 68.8 Å². The van der Waals surface area contributed by atoms with Gasteiger partial charge in [-0.1, -0.05) is 25.1 Å². The van der Waals surface area contributed by atoms with E-state index in [9.17, 15) is 14.3 Å². The van der Waals surface area contributed by atoms with Crippen molar-refractivity contribution < 1.29 is 23.8 Å². The summed E-state index contributed by atoms with van der Waals surface area (Å²) < 4.78 is 27.8. The number of pyridine rings is 1. The third kappa shape index (κ3) is 5.21. The van der Waals surface area contributed by atoms with Crippen LogP contribution in [-0.2, 0) is 11.4 Å². The first-order chi connectivity index (χ1) is 17.8. The van der Waals surface area contributed by atoms with Crippen molar-refractivity contribution in [1.29, 1.82) is 0 Å². The van der Waals surface area contributed by atoms with Gasteiger partial charge in [0.05, 0.1) is 19.2 Å². The maximum absolute atomic E-state index is 14.9. The minimum absolute atomic E-state index is 0.0558. The standard InChI is InChI=1S/C28H31FN4O4/c1-28(2)11-4-5-21(28)27-23(31-32-33(27)24-14-19(36-3)8-9-22(24)29)16-37-25-13-18(10-12-30-25)20(15-26(34)35)17-6-7-17/h5,8-10,12-14,17,20H,4,6-7,11,15-16H2,1-3H3,(H,34,35). The summed E-state index contributed by atoms with van der Waals surface area (Å²) in [6.07, 6.45) is 7.83. The third-order valence-electron chi connectivity index (χ3n) is 7.35. The fourth-order valence-electron chi connectivity index (χ4n) is 5.16. The highest BCUT2D eigenvalue weighted by Gasteiger charge is 2.35. The number of rotatable bonds is 10. The number of carboxylic acids is 1. The van der Waals surface area contributed by atoms with E-state index < -0.39 is 11.8 Å². The van der Waals surface area contributed by atoms with Gasteiger partial charge in [-0.15, -0.1) is 5.10 Å². The molecular formula is C28H31FN4O4. The first kappa shape index (κ1) is 24.9. The number of benzene rings is 1. The van der Waals surface area contributed by atoms with Crippen molar-refractivity contribution >= 4 is 11.5 Å². The first-order valence-electron chi connectivity index (χ1n) is 12.6. The van der Waals surface area contributed by atoms with Gasteiger partial charge in [0.1, 0.15) is 29.6 Å². The zero-order valence-corrected chi connectivity index (χ0v) is 21.3. The summed E-state index contributed by atoms with van der Waals surface area (Å²) in [4.78, 5) is 15.7. The van der Waals surface area contributed by atoms with Gasteiger partial charge < -0.3 is 14.6 Å². The van der Waals surface area contributed by atoms with E-state index in [0.717, 1.165) is 36.8 Å². The van der Waals surface area contributed by atoms with Gasteiger partial charge in [0.25, 0.3) is 0 Å². The van der Waals surface area contributed by atoms with E-state index in [-0.39, 0.29) is 30.0 Å². The van der Waals surface area contributed by atoms with Crippen LogP contribution in [0.4, 0.5) is 4.39 Å². The molecule has 0 aliphatic heterocycles. The van der Waals surface area contributed by atoms with Crippen molar-refractivity contribution in [3.63, 3.8) is 0 Å². The van der Waals surface area contributed by atoms with Crippen LogP contribution in [0.5, 0.6) is 11.6 Å². The Balaban J connectivity index is 1.47. The van der Waals surface area contributed by atoms with Crippen LogP contribution in [0.15, 0.2) is 42.6 Å². The molecule has 1 aromatic carbocycles. The zero-order valence-electron chi connectivity index (χ0n) is 21.3. The van der Waals surface area contributed by atoms with Gasteiger partial charge in [0.2, 0.25) is 5.88 Å². The van der Waals surface area contributed by atoms with Crippen LogP contribution in [0.3, 0.4) is 0 Å². The van der Waals surface area contributed by atoms with Gasteiger partial charge in [-0.3, -0.25) is 4.79 Å². The van der Waals surface area contributed by atoms with Crippen LogP contribution in [-0.4, -0.2) is 38.2 Å². The second kappa shape index (κ2) is 9.95. The Morgan fingerprint density at radius 1 is 1.27 bits per heavy atom. The number of methoxy groups -OCH3 is 1. The van der Waals surface area contributed by atoms with Crippen LogP contribution in [0.2, 0.25) is 0 Å². The molecule has 3 aromatic rings. The molecule has 1 fully saturated rings. The number of carboxylic acid groups (broad SMARTS) is 1. The molecule has 0 radical (unpaired) electrons. The minimum atomic E-state index is -0.810. The minimum Gasteiger partial charge on any atom is -0.497 e. The predicted molar refractivity (Wildman–Crippen MR) is 135 cm³/mol. The molecule has 2 heterocycles. The Morgan fingerprint density at radius 2 is 2.08 bits per heavy atom. The molecule has 1 unspecified atom stereocenters. The molecule has 0 spiro atoms. The van der Waals surface area contributed by atoms with Gasteiger partial charge in [-0.25, -0.2) is 14.1 Å². The Labute approximate surface area is 215 Å². The molecule has 1 N–H and O–H groups in total. The maximum atomic E-state index is 14.9. The van der Waals surface area contributed by atoms with Gasteiger partial charge in [0.15, 0.2) is 0 Å². The highest BCUT2D eigenvalue weighted by Crippen LogP contribution is 2.46. The Morgan fingerprint density at radius 3 is 2.76 bits per heavy atom. The Kier molecular flexibility index (Phi) is 6.70. The summed E-state index contributed by atoms with van der Waals surface area (Å²) in [5, 5.41) is 18.1. The second-order valence-corrected chi connectivity index (χ2v) is 10.4.